The number of aromatic amines is 1. The van der Waals surface area contributed by atoms with Gasteiger partial charge in [-0.2, -0.15) is 0 Å². The van der Waals surface area contributed by atoms with E-state index in [2.05, 4.69) is 25.4 Å². The van der Waals surface area contributed by atoms with E-state index in [9.17, 15) is 4.39 Å². The van der Waals surface area contributed by atoms with Crippen LogP contribution in [-0.2, 0) is 11.3 Å². The lowest BCUT2D eigenvalue weighted by molar-refractivity contribution is -0.0349. The molecule has 0 bridgehead atoms. The van der Waals surface area contributed by atoms with E-state index < -0.39 is 0 Å². The number of hydrogen-bond donors (Lipinski definition) is 2. The molecule has 1 fully saturated rings. The fourth-order valence-electron chi connectivity index (χ4n) is 4.09. The lowest BCUT2D eigenvalue weighted by Gasteiger charge is -2.33. The second-order valence-corrected chi connectivity index (χ2v) is 8.64. The van der Waals surface area contributed by atoms with Crippen molar-refractivity contribution in [3.8, 4) is 0 Å². The SMILES string of the molecule is Cc1cc(Nc2nncs2)cc([C@H]2CN(Cc3c(C)[nH]c4ccc(F)cc34)CCO2)n1. The minimum atomic E-state index is -0.216. The number of H-pyrrole nitrogens is 1. The third-order valence-electron chi connectivity index (χ3n) is 5.53. The first-order chi connectivity index (χ1) is 15.0. The Kier molecular flexibility index (Phi) is 5.39. The Balaban J connectivity index is 1.36. The molecule has 1 aromatic carbocycles. The smallest absolute Gasteiger partial charge is 0.209 e. The van der Waals surface area contributed by atoms with Crippen LogP contribution in [0.3, 0.4) is 0 Å². The second kappa shape index (κ2) is 8.33. The number of hydrogen-bond acceptors (Lipinski definition) is 7. The highest BCUT2D eigenvalue weighted by Crippen LogP contribution is 2.29. The average Bonchev–Trinajstić information content (AvgIpc) is 3.36. The first-order valence-electron chi connectivity index (χ1n) is 10.2. The molecule has 4 heterocycles. The number of aromatic nitrogens is 4. The van der Waals surface area contributed by atoms with E-state index >= 15 is 0 Å². The van der Waals surface area contributed by atoms with Gasteiger partial charge >= 0.3 is 0 Å². The van der Waals surface area contributed by atoms with E-state index in [0.717, 1.165) is 64.0 Å². The first-order valence-corrected chi connectivity index (χ1v) is 11.1. The van der Waals surface area contributed by atoms with Gasteiger partial charge in [-0.05, 0) is 49.7 Å². The molecule has 31 heavy (non-hydrogen) atoms. The molecular weight excluding hydrogens is 415 g/mol. The van der Waals surface area contributed by atoms with E-state index in [0.29, 0.717) is 6.61 Å². The van der Waals surface area contributed by atoms with Crippen molar-refractivity contribution in [2.45, 2.75) is 26.5 Å². The standard InChI is InChI=1S/C22H23FN6OS/c1-13-7-16(27-22-28-24-12-31-22)9-20(25-13)21-11-29(5-6-30-21)10-18-14(2)26-19-4-3-15(23)8-17(18)19/h3-4,7-9,12,21,26H,5-6,10-11H2,1-2H3,(H,25,27,28)/t21-/m1/s1. The van der Waals surface area contributed by atoms with E-state index in [1.54, 1.807) is 17.6 Å². The Hall–Kier alpha value is -2.88. The predicted octanol–water partition coefficient (Wildman–Crippen LogP) is 4.49. The third-order valence-corrected chi connectivity index (χ3v) is 6.13. The van der Waals surface area contributed by atoms with Crippen LogP contribution < -0.4 is 5.32 Å². The average molecular weight is 439 g/mol. The van der Waals surface area contributed by atoms with Crippen molar-refractivity contribution in [3.63, 3.8) is 0 Å². The van der Waals surface area contributed by atoms with Crippen LogP contribution >= 0.6 is 11.3 Å². The molecule has 5 rings (SSSR count). The van der Waals surface area contributed by atoms with E-state index in [4.69, 9.17) is 9.72 Å². The molecular formula is C22H23FN6OS. The van der Waals surface area contributed by atoms with Crippen LogP contribution in [0.5, 0.6) is 0 Å². The van der Waals surface area contributed by atoms with Gasteiger partial charge in [-0.25, -0.2) is 4.39 Å². The minimum Gasteiger partial charge on any atom is -0.369 e. The molecule has 0 saturated carbocycles. The lowest BCUT2D eigenvalue weighted by Crippen LogP contribution is -2.38. The van der Waals surface area contributed by atoms with Crippen LogP contribution in [0, 0.1) is 19.7 Å². The Morgan fingerprint density at radius 2 is 2.19 bits per heavy atom. The van der Waals surface area contributed by atoms with Crippen molar-refractivity contribution < 1.29 is 9.13 Å². The molecule has 0 aliphatic carbocycles. The van der Waals surface area contributed by atoms with E-state index in [1.165, 1.54) is 17.4 Å². The Bertz CT molecular complexity index is 1210. The van der Waals surface area contributed by atoms with Gasteiger partial charge in [0.2, 0.25) is 5.13 Å². The topological polar surface area (TPSA) is 79.0 Å². The summed E-state index contributed by atoms with van der Waals surface area (Å²) in [7, 11) is 0. The van der Waals surface area contributed by atoms with Crippen LogP contribution in [0.25, 0.3) is 10.9 Å². The number of morpholine rings is 1. The first kappa shape index (κ1) is 20.0. The van der Waals surface area contributed by atoms with Gasteiger partial charge in [-0.15, -0.1) is 10.2 Å². The van der Waals surface area contributed by atoms with Gasteiger partial charge in [0.05, 0.1) is 12.3 Å². The third kappa shape index (κ3) is 4.30. The van der Waals surface area contributed by atoms with Crippen LogP contribution in [0.1, 0.15) is 28.7 Å². The number of anilines is 2. The monoisotopic (exact) mass is 438 g/mol. The molecule has 1 atom stereocenters. The van der Waals surface area contributed by atoms with Crippen molar-refractivity contribution in [2.75, 3.05) is 25.0 Å². The largest absolute Gasteiger partial charge is 0.369 e. The molecule has 4 aromatic rings. The molecule has 3 aromatic heterocycles. The zero-order chi connectivity index (χ0) is 21.4. The number of fused-ring (bicyclic) bond motifs is 1. The number of nitrogens with one attached hydrogen (secondary N) is 2. The highest BCUT2D eigenvalue weighted by atomic mass is 32.1. The molecule has 1 aliphatic rings. The summed E-state index contributed by atoms with van der Waals surface area (Å²) in [4.78, 5) is 10.4. The highest BCUT2D eigenvalue weighted by Gasteiger charge is 2.25. The molecule has 0 amide bonds. The van der Waals surface area contributed by atoms with Crippen molar-refractivity contribution in [2.24, 2.45) is 0 Å². The highest BCUT2D eigenvalue weighted by molar-refractivity contribution is 7.13. The lowest BCUT2D eigenvalue weighted by atomic mass is 10.1. The fourth-order valence-corrected chi connectivity index (χ4v) is 4.55. The number of rotatable bonds is 5. The maximum absolute atomic E-state index is 13.8. The van der Waals surface area contributed by atoms with Crippen LogP contribution in [-0.4, -0.2) is 44.8 Å². The number of pyridine rings is 1. The van der Waals surface area contributed by atoms with Crippen LogP contribution in [0.15, 0.2) is 35.8 Å². The van der Waals surface area contributed by atoms with Gasteiger partial charge in [-0.1, -0.05) is 11.3 Å². The number of aryl methyl sites for hydroxylation is 2. The molecule has 0 spiro atoms. The Morgan fingerprint density at radius 3 is 3.03 bits per heavy atom. The number of halogens is 1. The summed E-state index contributed by atoms with van der Waals surface area (Å²) in [6.07, 6.45) is -0.133. The number of ether oxygens (including phenoxy) is 1. The second-order valence-electron chi connectivity index (χ2n) is 7.80. The number of nitrogens with zero attached hydrogens (tertiary/aromatic N) is 4. The van der Waals surface area contributed by atoms with Gasteiger partial charge in [-0.3, -0.25) is 9.88 Å². The summed E-state index contributed by atoms with van der Waals surface area (Å²) in [5.41, 5.74) is 7.57. The summed E-state index contributed by atoms with van der Waals surface area (Å²) in [6, 6.07) is 8.89. The summed E-state index contributed by atoms with van der Waals surface area (Å²) in [5, 5.41) is 12.9. The van der Waals surface area contributed by atoms with E-state index in [1.807, 2.05) is 26.0 Å². The Morgan fingerprint density at radius 1 is 1.29 bits per heavy atom. The molecule has 1 aliphatic heterocycles. The minimum absolute atomic E-state index is 0.133. The molecule has 2 N–H and O–H groups in total. The molecule has 0 unspecified atom stereocenters. The van der Waals surface area contributed by atoms with Crippen LogP contribution in [0.2, 0.25) is 0 Å². The van der Waals surface area contributed by atoms with Crippen molar-refractivity contribution in [1.29, 1.82) is 0 Å². The maximum Gasteiger partial charge on any atom is 0.209 e. The van der Waals surface area contributed by atoms with Gasteiger partial charge in [0, 0.05) is 47.6 Å². The molecule has 7 nitrogen and oxygen atoms in total. The fraction of sp³-hybridized carbons (Fsp3) is 0.318. The van der Waals surface area contributed by atoms with Gasteiger partial charge < -0.3 is 15.0 Å². The van der Waals surface area contributed by atoms with Gasteiger partial charge in [0.25, 0.3) is 0 Å². The van der Waals surface area contributed by atoms with Crippen molar-refractivity contribution in [1.82, 2.24) is 25.1 Å². The summed E-state index contributed by atoms with van der Waals surface area (Å²) in [6.45, 7) is 6.90. The number of benzene rings is 1. The molecule has 0 radical (unpaired) electrons. The van der Waals surface area contributed by atoms with Gasteiger partial charge in [0.1, 0.15) is 17.4 Å². The molecule has 160 valence electrons. The summed E-state index contributed by atoms with van der Waals surface area (Å²) in [5.74, 6) is -0.216. The van der Waals surface area contributed by atoms with E-state index in [-0.39, 0.29) is 11.9 Å². The molecule has 9 heteroatoms. The normalized spacial score (nSPS) is 17.3. The Labute approximate surface area is 183 Å². The molecule has 1 saturated heterocycles. The van der Waals surface area contributed by atoms with Crippen molar-refractivity contribution >= 4 is 33.1 Å². The van der Waals surface area contributed by atoms with Crippen molar-refractivity contribution in [3.05, 3.63) is 64.3 Å². The summed E-state index contributed by atoms with van der Waals surface area (Å²) >= 11 is 1.45. The zero-order valence-electron chi connectivity index (χ0n) is 17.4. The van der Waals surface area contributed by atoms with Crippen LogP contribution in [0.4, 0.5) is 15.2 Å². The summed E-state index contributed by atoms with van der Waals surface area (Å²) < 4.78 is 19.9. The maximum atomic E-state index is 13.8. The zero-order valence-corrected chi connectivity index (χ0v) is 18.2. The quantitative estimate of drug-likeness (QED) is 0.478. The predicted molar refractivity (Wildman–Crippen MR) is 119 cm³/mol. The van der Waals surface area contributed by atoms with Gasteiger partial charge in [0.15, 0.2) is 0 Å².